The molecule has 0 spiro atoms. The Balaban J connectivity index is 2.49. The van der Waals surface area contributed by atoms with Gasteiger partial charge in [0.25, 0.3) is 0 Å². The number of nitrogens with zero attached hydrogens (tertiary/aromatic N) is 1. The first-order chi connectivity index (χ1) is 7.70. The molecule has 0 N–H and O–H groups in total. The molecule has 1 aromatic carbocycles. The van der Waals surface area contributed by atoms with Crippen molar-refractivity contribution in [2.75, 3.05) is 0 Å². The van der Waals surface area contributed by atoms with Crippen LogP contribution < -0.4 is 0 Å². The van der Waals surface area contributed by atoms with Crippen LogP contribution in [0.3, 0.4) is 0 Å². The quantitative estimate of drug-likeness (QED) is 0.752. The minimum absolute atomic E-state index is 0.330. The largest absolute Gasteiger partial charge is 0.253 e. The number of halogens is 2. The molecular formula is C13H11F2N. The molecule has 2 aromatic rings. The Hall–Kier alpha value is -1.77. The summed E-state index contributed by atoms with van der Waals surface area (Å²) < 4.78 is 26.2. The maximum atomic E-state index is 13.5. The highest BCUT2D eigenvalue weighted by Crippen LogP contribution is 2.21. The van der Waals surface area contributed by atoms with Gasteiger partial charge in [-0.2, -0.15) is 0 Å². The van der Waals surface area contributed by atoms with Crippen LogP contribution in [-0.4, -0.2) is 4.98 Å². The van der Waals surface area contributed by atoms with E-state index in [2.05, 4.69) is 4.98 Å². The number of hydrogen-bond donors (Lipinski definition) is 0. The maximum Gasteiger partial charge on any atom is 0.135 e. The molecule has 0 aliphatic carbocycles. The van der Waals surface area contributed by atoms with Crippen LogP contribution in [-0.2, 0) is 6.42 Å². The lowest BCUT2D eigenvalue weighted by atomic mass is 10.1. The molecule has 16 heavy (non-hydrogen) atoms. The Kier molecular flexibility index (Phi) is 2.95. The second kappa shape index (κ2) is 4.39. The molecule has 0 bridgehead atoms. The Morgan fingerprint density at radius 2 is 1.94 bits per heavy atom. The monoisotopic (exact) mass is 219 g/mol. The van der Waals surface area contributed by atoms with Gasteiger partial charge in [0, 0.05) is 17.3 Å². The minimum Gasteiger partial charge on any atom is -0.253 e. The number of hydrogen-bond acceptors (Lipinski definition) is 1. The summed E-state index contributed by atoms with van der Waals surface area (Å²) in [6.45, 7) is 1.98. The van der Waals surface area contributed by atoms with Crippen LogP contribution in [0.5, 0.6) is 0 Å². The average Bonchev–Trinajstić information content (AvgIpc) is 2.29. The lowest BCUT2D eigenvalue weighted by Gasteiger charge is -2.04. The second-order valence-corrected chi connectivity index (χ2v) is 3.49. The first kappa shape index (κ1) is 10.7. The van der Waals surface area contributed by atoms with Gasteiger partial charge in [-0.05, 0) is 30.7 Å². The van der Waals surface area contributed by atoms with Gasteiger partial charge in [-0.3, -0.25) is 4.98 Å². The van der Waals surface area contributed by atoms with Crippen LogP contribution in [0.25, 0.3) is 11.3 Å². The Morgan fingerprint density at radius 3 is 2.62 bits per heavy atom. The molecule has 3 heteroatoms. The molecule has 0 amide bonds. The molecule has 0 atom stereocenters. The van der Waals surface area contributed by atoms with E-state index in [1.165, 1.54) is 12.1 Å². The number of rotatable bonds is 2. The van der Waals surface area contributed by atoms with E-state index >= 15 is 0 Å². The molecule has 0 aliphatic heterocycles. The molecule has 0 saturated carbocycles. The van der Waals surface area contributed by atoms with Crippen molar-refractivity contribution in [3.8, 4) is 11.3 Å². The summed E-state index contributed by atoms with van der Waals surface area (Å²) in [4.78, 5) is 4.29. The van der Waals surface area contributed by atoms with Gasteiger partial charge in [-0.25, -0.2) is 8.78 Å². The predicted octanol–water partition coefficient (Wildman–Crippen LogP) is 3.59. The van der Waals surface area contributed by atoms with Gasteiger partial charge in [0.15, 0.2) is 0 Å². The fourth-order valence-electron chi connectivity index (χ4n) is 1.52. The third-order valence-electron chi connectivity index (χ3n) is 2.38. The Bertz CT molecular complexity index is 509. The molecule has 1 heterocycles. The molecule has 0 aliphatic rings. The van der Waals surface area contributed by atoms with Gasteiger partial charge in [0.2, 0.25) is 0 Å². The molecule has 1 aromatic heterocycles. The van der Waals surface area contributed by atoms with Gasteiger partial charge in [-0.1, -0.05) is 13.0 Å². The van der Waals surface area contributed by atoms with Crippen LogP contribution in [0.1, 0.15) is 12.6 Å². The average molecular weight is 219 g/mol. The maximum absolute atomic E-state index is 13.5. The molecule has 1 nitrogen and oxygen atoms in total. The number of aromatic nitrogens is 1. The van der Waals surface area contributed by atoms with Crippen LogP contribution >= 0.6 is 0 Å². The lowest BCUT2D eigenvalue weighted by Crippen LogP contribution is -1.92. The van der Waals surface area contributed by atoms with Gasteiger partial charge in [-0.15, -0.1) is 0 Å². The van der Waals surface area contributed by atoms with Crippen molar-refractivity contribution in [3.63, 3.8) is 0 Å². The van der Waals surface area contributed by atoms with Gasteiger partial charge >= 0.3 is 0 Å². The fraction of sp³-hybridized carbons (Fsp3) is 0.154. The van der Waals surface area contributed by atoms with E-state index in [0.717, 1.165) is 18.2 Å². The lowest BCUT2D eigenvalue weighted by molar-refractivity contribution is 0.585. The Labute approximate surface area is 92.8 Å². The summed E-state index contributed by atoms with van der Waals surface area (Å²) in [5.41, 5.74) is 1.76. The van der Waals surface area contributed by atoms with Gasteiger partial charge in [0.1, 0.15) is 11.6 Å². The van der Waals surface area contributed by atoms with Crippen molar-refractivity contribution >= 4 is 0 Å². The van der Waals surface area contributed by atoms with Gasteiger partial charge < -0.3 is 0 Å². The van der Waals surface area contributed by atoms with E-state index < -0.39 is 11.6 Å². The molecule has 0 radical (unpaired) electrons. The van der Waals surface area contributed by atoms with Crippen molar-refractivity contribution in [2.24, 2.45) is 0 Å². The standard InChI is InChI=1S/C13H11F2N/c1-2-10-4-3-5-13(16-10)11-7-6-9(14)8-12(11)15/h3-8H,2H2,1H3. The topological polar surface area (TPSA) is 12.9 Å². The Morgan fingerprint density at radius 1 is 1.12 bits per heavy atom. The van der Waals surface area contributed by atoms with E-state index in [0.29, 0.717) is 11.3 Å². The molecular weight excluding hydrogens is 208 g/mol. The molecule has 0 fully saturated rings. The van der Waals surface area contributed by atoms with Crippen LogP contribution in [0.2, 0.25) is 0 Å². The molecule has 82 valence electrons. The molecule has 0 saturated heterocycles. The van der Waals surface area contributed by atoms with Gasteiger partial charge in [0.05, 0.1) is 5.69 Å². The van der Waals surface area contributed by atoms with Crippen LogP contribution in [0.15, 0.2) is 36.4 Å². The summed E-state index contributed by atoms with van der Waals surface area (Å²) in [6, 6.07) is 8.94. The number of aryl methyl sites for hydroxylation is 1. The highest BCUT2D eigenvalue weighted by Gasteiger charge is 2.07. The third-order valence-corrected chi connectivity index (χ3v) is 2.38. The van der Waals surface area contributed by atoms with E-state index in [1.54, 1.807) is 6.07 Å². The zero-order valence-corrected chi connectivity index (χ0v) is 8.87. The minimum atomic E-state index is -0.583. The van der Waals surface area contributed by atoms with E-state index in [4.69, 9.17) is 0 Å². The summed E-state index contributed by atoms with van der Waals surface area (Å²) >= 11 is 0. The van der Waals surface area contributed by atoms with E-state index in [-0.39, 0.29) is 0 Å². The predicted molar refractivity (Wildman–Crippen MR) is 59.0 cm³/mol. The third kappa shape index (κ3) is 2.08. The van der Waals surface area contributed by atoms with E-state index in [1.807, 2.05) is 19.1 Å². The summed E-state index contributed by atoms with van der Waals surface area (Å²) in [5, 5.41) is 0. The highest BCUT2D eigenvalue weighted by atomic mass is 19.1. The fourth-order valence-corrected chi connectivity index (χ4v) is 1.52. The zero-order chi connectivity index (χ0) is 11.5. The number of benzene rings is 1. The van der Waals surface area contributed by atoms with Crippen LogP contribution in [0, 0.1) is 11.6 Å². The first-order valence-corrected chi connectivity index (χ1v) is 5.12. The number of pyridine rings is 1. The van der Waals surface area contributed by atoms with Crippen molar-refractivity contribution in [3.05, 3.63) is 53.7 Å². The summed E-state index contributed by atoms with van der Waals surface area (Å²) in [6.07, 6.45) is 0.788. The summed E-state index contributed by atoms with van der Waals surface area (Å²) in [5.74, 6) is -1.16. The van der Waals surface area contributed by atoms with Crippen molar-refractivity contribution in [1.29, 1.82) is 0 Å². The zero-order valence-electron chi connectivity index (χ0n) is 8.87. The molecule has 2 rings (SSSR count). The SMILES string of the molecule is CCc1cccc(-c2ccc(F)cc2F)n1. The normalized spacial score (nSPS) is 10.4. The van der Waals surface area contributed by atoms with Crippen LogP contribution in [0.4, 0.5) is 8.78 Å². The van der Waals surface area contributed by atoms with Crippen molar-refractivity contribution < 1.29 is 8.78 Å². The smallest absolute Gasteiger partial charge is 0.135 e. The van der Waals surface area contributed by atoms with Crippen molar-refractivity contribution in [1.82, 2.24) is 4.98 Å². The van der Waals surface area contributed by atoms with E-state index in [9.17, 15) is 8.78 Å². The summed E-state index contributed by atoms with van der Waals surface area (Å²) in [7, 11) is 0. The highest BCUT2D eigenvalue weighted by molar-refractivity contribution is 5.59. The van der Waals surface area contributed by atoms with Crippen molar-refractivity contribution in [2.45, 2.75) is 13.3 Å². The first-order valence-electron chi connectivity index (χ1n) is 5.12. The second-order valence-electron chi connectivity index (χ2n) is 3.49. The molecule has 0 unspecified atom stereocenters.